The molecule has 2 atom stereocenters. The molecular weight excluding hydrogens is 372 g/mol. The van der Waals surface area contributed by atoms with Crippen LogP contribution in [0.3, 0.4) is 0 Å². The number of aromatic nitrogens is 2. The molecule has 1 N–H and O–H groups in total. The molecule has 0 amide bonds. The number of carbonyl (C=O) groups excluding carboxylic acids is 1. The first-order valence-corrected chi connectivity index (χ1v) is 10.4. The lowest BCUT2D eigenvalue weighted by atomic mass is 9.63. The number of anilines is 1. The minimum atomic E-state index is -0.261. The first-order valence-electron chi connectivity index (χ1n) is 10.4. The van der Waals surface area contributed by atoms with Crippen molar-refractivity contribution >= 4 is 11.5 Å². The molecule has 5 rings (SSSR count). The largest absolute Gasteiger partial charge is 0.380 e. The Labute approximate surface area is 176 Å². The van der Waals surface area contributed by atoms with Gasteiger partial charge >= 0.3 is 0 Å². The van der Waals surface area contributed by atoms with Gasteiger partial charge in [0.15, 0.2) is 5.78 Å². The van der Waals surface area contributed by atoms with Crippen LogP contribution in [0, 0.1) is 11.3 Å². The van der Waals surface area contributed by atoms with E-state index in [9.17, 15) is 10.1 Å². The van der Waals surface area contributed by atoms with Gasteiger partial charge in [-0.3, -0.25) is 9.48 Å². The van der Waals surface area contributed by atoms with Gasteiger partial charge in [-0.25, -0.2) is 0 Å². The zero-order valence-corrected chi connectivity index (χ0v) is 17.7. The van der Waals surface area contributed by atoms with Crippen LogP contribution < -0.4 is 5.32 Å². The zero-order chi connectivity index (χ0) is 21.2. The Kier molecular flexibility index (Phi) is 3.91. The van der Waals surface area contributed by atoms with E-state index in [1.807, 2.05) is 42.3 Å². The van der Waals surface area contributed by atoms with Crippen molar-refractivity contribution in [3.63, 3.8) is 0 Å². The third-order valence-electron chi connectivity index (χ3n) is 6.82. The number of ketones is 1. The quantitative estimate of drug-likeness (QED) is 0.689. The van der Waals surface area contributed by atoms with E-state index in [0.717, 1.165) is 45.5 Å². The fraction of sp³-hybridized carbons (Fsp3) is 0.320. The van der Waals surface area contributed by atoms with Gasteiger partial charge < -0.3 is 5.32 Å². The SMILES string of the molecule is CCc1cc2c(cc1-c1cnn(C)c1)C(C)(C)C1Nc3cc(C#N)ccc3C1C2=O. The number of fused-ring (bicyclic) bond motifs is 4. The lowest BCUT2D eigenvalue weighted by molar-refractivity contribution is 0.0922. The summed E-state index contributed by atoms with van der Waals surface area (Å²) in [5.74, 6) is -0.0677. The van der Waals surface area contributed by atoms with Gasteiger partial charge in [0.1, 0.15) is 0 Å². The van der Waals surface area contributed by atoms with Crippen molar-refractivity contribution in [2.75, 3.05) is 5.32 Å². The molecule has 1 aliphatic heterocycles. The summed E-state index contributed by atoms with van der Waals surface area (Å²) in [5.41, 5.74) is 7.53. The highest BCUT2D eigenvalue weighted by molar-refractivity contribution is 6.07. The number of hydrogen-bond donors (Lipinski definition) is 1. The maximum atomic E-state index is 13.7. The minimum absolute atomic E-state index is 0.0457. The van der Waals surface area contributed by atoms with Crippen molar-refractivity contribution in [3.05, 3.63) is 70.5 Å². The number of nitrogens with one attached hydrogen (secondary N) is 1. The van der Waals surface area contributed by atoms with Crippen molar-refractivity contribution in [2.24, 2.45) is 7.05 Å². The number of carbonyl (C=O) groups is 1. The van der Waals surface area contributed by atoms with Crippen molar-refractivity contribution in [1.29, 1.82) is 5.26 Å². The van der Waals surface area contributed by atoms with Crippen LogP contribution in [0.15, 0.2) is 42.7 Å². The normalized spacial score (nSPS) is 20.7. The van der Waals surface area contributed by atoms with Gasteiger partial charge in [-0.05, 0) is 52.9 Å². The molecule has 150 valence electrons. The van der Waals surface area contributed by atoms with Crippen LogP contribution in [0.4, 0.5) is 5.69 Å². The molecule has 0 saturated heterocycles. The molecule has 0 fully saturated rings. The van der Waals surface area contributed by atoms with Crippen molar-refractivity contribution < 1.29 is 4.79 Å². The Morgan fingerprint density at radius 3 is 2.70 bits per heavy atom. The van der Waals surface area contributed by atoms with E-state index >= 15 is 0 Å². The Morgan fingerprint density at radius 1 is 1.23 bits per heavy atom. The van der Waals surface area contributed by atoms with E-state index in [4.69, 9.17) is 0 Å². The highest BCUT2D eigenvalue weighted by atomic mass is 16.1. The average molecular weight is 396 g/mol. The van der Waals surface area contributed by atoms with E-state index in [1.54, 1.807) is 0 Å². The van der Waals surface area contributed by atoms with E-state index in [0.29, 0.717) is 5.56 Å². The van der Waals surface area contributed by atoms with Crippen LogP contribution in [0.25, 0.3) is 11.1 Å². The Hall–Kier alpha value is -3.39. The van der Waals surface area contributed by atoms with Crippen LogP contribution in [0.2, 0.25) is 0 Å². The second kappa shape index (κ2) is 6.30. The van der Waals surface area contributed by atoms with Crippen molar-refractivity contribution in [2.45, 2.75) is 44.6 Å². The van der Waals surface area contributed by atoms with E-state index in [1.165, 1.54) is 0 Å². The van der Waals surface area contributed by atoms with Crippen molar-refractivity contribution in [1.82, 2.24) is 9.78 Å². The minimum Gasteiger partial charge on any atom is -0.380 e. The molecule has 2 aromatic carbocycles. The van der Waals surface area contributed by atoms with Crippen LogP contribution in [-0.4, -0.2) is 21.6 Å². The van der Waals surface area contributed by atoms with E-state index in [2.05, 4.69) is 49.4 Å². The molecule has 30 heavy (non-hydrogen) atoms. The van der Waals surface area contributed by atoms with Gasteiger partial charge in [0, 0.05) is 41.5 Å². The highest BCUT2D eigenvalue weighted by Gasteiger charge is 2.51. The molecule has 0 bridgehead atoms. The maximum absolute atomic E-state index is 13.7. The Balaban J connectivity index is 1.70. The highest BCUT2D eigenvalue weighted by Crippen LogP contribution is 2.51. The first-order chi connectivity index (χ1) is 14.3. The number of Topliss-reactive ketones (excluding diaryl/α,β-unsaturated/α-hetero) is 1. The molecule has 0 saturated carbocycles. The molecule has 0 radical (unpaired) electrons. The summed E-state index contributed by atoms with van der Waals surface area (Å²) in [6.07, 6.45) is 4.75. The maximum Gasteiger partial charge on any atom is 0.172 e. The number of nitriles is 1. The summed E-state index contributed by atoms with van der Waals surface area (Å²) in [5, 5.41) is 17.2. The fourth-order valence-corrected chi connectivity index (χ4v) is 5.18. The topological polar surface area (TPSA) is 70.7 Å². The summed E-state index contributed by atoms with van der Waals surface area (Å²) >= 11 is 0. The van der Waals surface area contributed by atoms with E-state index in [-0.39, 0.29) is 23.2 Å². The van der Waals surface area contributed by atoms with Gasteiger partial charge in [0.2, 0.25) is 0 Å². The zero-order valence-electron chi connectivity index (χ0n) is 17.7. The van der Waals surface area contributed by atoms with Gasteiger partial charge in [-0.1, -0.05) is 26.8 Å². The van der Waals surface area contributed by atoms with Gasteiger partial charge in [-0.15, -0.1) is 0 Å². The molecule has 1 aliphatic carbocycles. The van der Waals surface area contributed by atoms with Gasteiger partial charge in [-0.2, -0.15) is 10.4 Å². The van der Waals surface area contributed by atoms with Crippen molar-refractivity contribution in [3.8, 4) is 17.2 Å². The van der Waals surface area contributed by atoms with Gasteiger partial charge in [0.25, 0.3) is 0 Å². The molecule has 2 unspecified atom stereocenters. The molecule has 1 aromatic heterocycles. The Morgan fingerprint density at radius 2 is 2.03 bits per heavy atom. The number of nitrogens with zero attached hydrogens (tertiary/aromatic N) is 3. The molecule has 0 spiro atoms. The summed E-state index contributed by atoms with van der Waals surface area (Å²) in [6.45, 7) is 6.54. The third kappa shape index (κ3) is 2.46. The van der Waals surface area contributed by atoms with Crippen LogP contribution in [0.1, 0.15) is 59.3 Å². The lowest BCUT2D eigenvalue weighted by Crippen LogP contribution is -2.48. The lowest BCUT2D eigenvalue weighted by Gasteiger charge is -2.42. The summed E-state index contributed by atoms with van der Waals surface area (Å²) in [6, 6.07) is 12.1. The monoisotopic (exact) mass is 396 g/mol. The summed E-state index contributed by atoms with van der Waals surface area (Å²) in [4.78, 5) is 13.7. The predicted molar refractivity (Wildman–Crippen MR) is 117 cm³/mol. The first kappa shape index (κ1) is 18.6. The standard InChI is InChI=1S/C25H24N4O/c1-5-15-9-19-20(10-18(15)16-12-27-29(4)13-16)25(2,3)24-22(23(19)30)17-7-6-14(11-26)8-21(17)28-24/h6-10,12-13,22,24,28H,5H2,1-4H3. The molecule has 5 nitrogen and oxygen atoms in total. The van der Waals surface area contributed by atoms with Crippen LogP contribution in [-0.2, 0) is 18.9 Å². The second-order valence-corrected chi connectivity index (χ2v) is 8.91. The average Bonchev–Trinajstić information content (AvgIpc) is 3.35. The predicted octanol–water partition coefficient (Wildman–Crippen LogP) is 4.57. The molecular formula is C25H24N4O. The van der Waals surface area contributed by atoms with Gasteiger partial charge in [0.05, 0.1) is 23.7 Å². The smallest absolute Gasteiger partial charge is 0.172 e. The third-order valence-corrected chi connectivity index (χ3v) is 6.82. The fourth-order valence-electron chi connectivity index (χ4n) is 5.18. The molecule has 3 aromatic rings. The molecule has 2 heterocycles. The number of aryl methyl sites for hydroxylation is 2. The number of hydrogen-bond acceptors (Lipinski definition) is 4. The number of rotatable bonds is 2. The van der Waals surface area contributed by atoms with E-state index < -0.39 is 0 Å². The summed E-state index contributed by atoms with van der Waals surface area (Å²) < 4.78 is 1.81. The Bertz CT molecular complexity index is 1240. The molecule has 2 aliphatic rings. The molecule has 5 heteroatoms. The number of benzene rings is 2. The van der Waals surface area contributed by atoms with Crippen LogP contribution >= 0.6 is 0 Å². The van der Waals surface area contributed by atoms with Crippen LogP contribution in [0.5, 0.6) is 0 Å². The second-order valence-electron chi connectivity index (χ2n) is 8.91. The summed E-state index contributed by atoms with van der Waals surface area (Å²) in [7, 11) is 1.92.